The number of rotatable bonds is 4. The van der Waals surface area contributed by atoms with Crippen LogP contribution in [0, 0.1) is 0 Å². The van der Waals surface area contributed by atoms with Gasteiger partial charge in [-0.2, -0.15) is 10.1 Å². The summed E-state index contributed by atoms with van der Waals surface area (Å²) in [6.07, 6.45) is 1.88. The van der Waals surface area contributed by atoms with E-state index in [1.54, 1.807) is 0 Å². The molecule has 7 nitrogen and oxygen atoms in total. The molecule has 3 heterocycles. The number of hydrazone groups is 1. The Labute approximate surface area is 171 Å². The summed E-state index contributed by atoms with van der Waals surface area (Å²) in [6, 6.07) is 8.47. The fourth-order valence-electron chi connectivity index (χ4n) is 4.18. The molecule has 1 N–H and O–H groups in total. The number of carbonyl (C=O) groups excluding carboxylic acids is 1. The smallest absolute Gasteiger partial charge is 0.249 e. The molecule has 0 fully saturated rings. The van der Waals surface area contributed by atoms with E-state index in [2.05, 4.69) is 52.3 Å². The number of nitrogens with one attached hydrogen (secondary N) is 1. The third-order valence-electron chi connectivity index (χ3n) is 5.58. The minimum absolute atomic E-state index is 0.150. The van der Waals surface area contributed by atoms with Gasteiger partial charge in [0.2, 0.25) is 11.9 Å². The number of carbonyl (C=O) groups is 1. The first-order valence-electron chi connectivity index (χ1n) is 10.3. The molecule has 2 aliphatic rings. The van der Waals surface area contributed by atoms with Gasteiger partial charge in [-0.25, -0.2) is 9.99 Å². The summed E-state index contributed by atoms with van der Waals surface area (Å²) in [4.78, 5) is 23.6. The summed E-state index contributed by atoms with van der Waals surface area (Å²) in [5.74, 6) is 0.885. The molecule has 1 aromatic carbocycles. The lowest BCUT2D eigenvalue weighted by atomic mass is 9.93. The Balaban J connectivity index is 1.80. The van der Waals surface area contributed by atoms with Gasteiger partial charge in [0.05, 0.1) is 11.7 Å². The zero-order valence-corrected chi connectivity index (χ0v) is 17.6. The lowest BCUT2D eigenvalue weighted by molar-refractivity contribution is -0.114. The maximum absolute atomic E-state index is 11.7. The monoisotopic (exact) mass is 392 g/mol. The van der Waals surface area contributed by atoms with E-state index in [-0.39, 0.29) is 11.9 Å². The summed E-state index contributed by atoms with van der Waals surface area (Å²) >= 11 is 0. The van der Waals surface area contributed by atoms with Crippen LogP contribution >= 0.6 is 0 Å². The van der Waals surface area contributed by atoms with E-state index in [0.717, 1.165) is 49.4 Å². The quantitative estimate of drug-likeness (QED) is 0.863. The first kappa shape index (κ1) is 19.5. The number of hydrogen-bond donors (Lipinski definition) is 1. The van der Waals surface area contributed by atoms with Gasteiger partial charge in [-0.05, 0) is 37.9 Å². The molecule has 0 radical (unpaired) electrons. The van der Waals surface area contributed by atoms with Gasteiger partial charge in [0.1, 0.15) is 5.82 Å². The normalized spacial score (nSPS) is 19.1. The third kappa shape index (κ3) is 4.00. The van der Waals surface area contributed by atoms with Gasteiger partial charge in [-0.3, -0.25) is 9.69 Å². The van der Waals surface area contributed by atoms with Crippen LogP contribution in [0.5, 0.6) is 0 Å². The average Bonchev–Trinajstić information content (AvgIpc) is 3.04. The van der Waals surface area contributed by atoms with Gasteiger partial charge in [-0.1, -0.05) is 25.1 Å². The maximum Gasteiger partial charge on any atom is 0.249 e. The zero-order chi connectivity index (χ0) is 20.5. The molecular formula is C22H28N6O. The molecule has 1 unspecified atom stereocenters. The van der Waals surface area contributed by atoms with Crippen molar-refractivity contribution in [2.75, 3.05) is 23.4 Å². The molecule has 1 amide bonds. The van der Waals surface area contributed by atoms with Crippen molar-refractivity contribution < 1.29 is 4.79 Å². The molecule has 7 heteroatoms. The molecule has 0 aliphatic carbocycles. The predicted octanol–water partition coefficient (Wildman–Crippen LogP) is 3.45. The topological polar surface area (TPSA) is 73.7 Å². The summed E-state index contributed by atoms with van der Waals surface area (Å²) in [5.41, 5.74) is 5.68. The molecule has 2 aliphatic heterocycles. The number of amides is 1. The van der Waals surface area contributed by atoms with Crippen LogP contribution in [-0.4, -0.2) is 45.6 Å². The van der Waals surface area contributed by atoms with Gasteiger partial charge >= 0.3 is 0 Å². The van der Waals surface area contributed by atoms with Crippen LogP contribution in [0.1, 0.15) is 45.2 Å². The number of aromatic nitrogens is 2. The number of likely N-dealkylation sites (N-methyl/N-ethyl adjacent to an activating group) is 1. The molecule has 0 saturated heterocycles. The molecule has 0 saturated carbocycles. The van der Waals surface area contributed by atoms with Crippen molar-refractivity contribution in [3.05, 3.63) is 35.4 Å². The molecule has 2 aromatic rings. The maximum atomic E-state index is 11.7. The molecule has 1 aromatic heterocycles. The third-order valence-corrected chi connectivity index (χ3v) is 5.58. The number of fused-ring (bicyclic) bond motifs is 1. The van der Waals surface area contributed by atoms with E-state index in [9.17, 15) is 4.79 Å². The number of nitrogens with zero attached hydrogens (tertiary/aromatic N) is 5. The number of hydrogen-bond acceptors (Lipinski definition) is 6. The molecule has 152 valence electrons. The summed E-state index contributed by atoms with van der Waals surface area (Å²) in [6.45, 7) is 10.9. The first-order chi connectivity index (χ1) is 13.9. The van der Waals surface area contributed by atoms with E-state index < -0.39 is 0 Å². The molecule has 4 rings (SSSR count). The number of anilines is 2. The Morgan fingerprint density at radius 2 is 2.14 bits per heavy atom. The van der Waals surface area contributed by atoms with Gasteiger partial charge in [0, 0.05) is 43.8 Å². The Morgan fingerprint density at radius 1 is 1.31 bits per heavy atom. The van der Waals surface area contributed by atoms with E-state index in [1.807, 2.05) is 18.0 Å². The Morgan fingerprint density at radius 3 is 2.83 bits per heavy atom. The highest BCUT2D eigenvalue weighted by Gasteiger charge is 2.26. The van der Waals surface area contributed by atoms with Gasteiger partial charge in [0.25, 0.3) is 0 Å². The van der Waals surface area contributed by atoms with Crippen molar-refractivity contribution in [1.82, 2.24) is 14.9 Å². The van der Waals surface area contributed by atoms with E-state index in [4.69, 9.17) is 4.98 Å². The van der Waals surface area contributed by atoms with E-state index >= 15 is 0 Å². The van der Waals surface area contributed by atoms with Crippen molar-refractivity contribution in [3.63, 3.8) is 0 Å². The molecular weight excluding hydrogens is 364 g/mol. The van der Waals surface area contributed by atoms with Crippen molar-refractivity contribution in [3.8, 4) is 11.3 Å². The Bertz CT molecular complexity index is 970. The van der Waals surface area contributed by atoms with Crippen molar-refractivity contribution in [2.45, 2.75) is 53.1 Å². The van der Waals surface area contributed by atoms with E-state index in [0.29, 0.717) is 11.8 Å². The van der Waals surface area contributed by atoms with Crippen molar-refractivity contribution >= 4 is 23.4 Å². The molecule has 29 heavy (non-hydrogen) atoms. The van der Waals surface area contributed by atoms with Gasteiger partial charge in [-0.15, -0.1) is 0 Å². The molecule has 0 bridgehead atoms. The van der Waals surface area contributed by atoms with Gasteiger partial charge < -0.3 is 5.32 Å². The van der Waals surface area contributed by atoms with Crippen molar-refractivity contribution in [2.24, 2.45) is 5.10 Å². The highest BCUT2D eigenvalue weighted by molar-refractivity contribution is 5.89. The fourth-order valence-corrected chi connectivity index (χ4v) is 4.18. The molecule has 1 atom stereocenters. The minimum atomic E-state index is -0.150. The standard InChI is InChI=1S/C22H28N6O/c1-5-27-10-9-18-17(13-27)7-6-8-19(18)20-12-21(23-16(4)29)25-22(24-20)28-15(3)11-14(2)26-28/h6-8,12,15H,5,9-11,13H2,1-4H3,(H,23,24,25,29). The minimum Gasteiger partial charge on any atom is -0.311 e. The largest absolute Gasteiger partial charge is 0.311 e. The van der Waals surface area contributed by atoms with Crippen LogP contribution in [0.2, 0.25) is 0 Å². The average molecular weight is 393 g/mol. The van der Waals surface area contributed by atoms with Crippen LogP contribution in [0.3, 0.4) is 0 Å². The summed E-state index contributed by atoms with van der Waals surface area (Å²) in [7, 11) is 0. The second-order valence-electron chi connectivity index (χ2n) is 7.91. The van der Waals surface area contributed by atoms with Crippen LogP contribution in [-0.2, 0) is 17.8 Å². The highest BCUT2D eigenvalue weighted by atomic mass is 16.1. The Hall–Kier alpha value is -2.80. The number of benzene rings is 1. The van der Waals surface area contributed by atoms with Crippen LogP contribution < -0.4 is 10.3 Å². The highest BCUT2D eigenvalue weighted by Crippen LogP contribution is 2.32. The van der Waals surface area contributed by atoms with Crippen molar-refractivity contribution in [1.29, 1.82) is 0 Å². The SMILES string of the molecule is CCN1CCc2c(cccc2-c2cc(NC(C)=O)nc(N3N=C(C)CC3C)n2)C1. The van der Waals surface area contributed by atoms with Gasteiger partial charge in [0.15, 0.2) is 0 Å². The second kappa shape index (κ2) is 7.91. The summed E-state index contributed by atoms with van der Waals surface area (Å²) < 4.78 is 0. The lowest BCUT2D eigenvalue weighted by Gasteiger charge is -2.29. The molecule has 0 spiro atoms. The zero-order valence-electron chi connectivity index (χ0n) is 17.6. The fraction of sp³-hybridized carbons (Fsp3) is 0.455. The summed E-state index contributed by atoms with van der Waals surface area (Å²) in [5, 5.41) is 9.30. The Kier molecular flexibility index (Phi) is 5.32. The van der Waals surface area contributed by atoms with Crippen LogP contribution in [0.4, 0.5) is 11.8 Å². The van der Waals surface area contributed by atoms with Crippen LogP contribution in [0.25, 0.3) is 11.3 Å². The van der Waals surface area contributed by atoms with Crippen LogP contribution in [0.15, 0.2) is 29.4 Å². The second-order valence-corrected chi connectivity index (χ2v) is 7.91. The predicted molar refractivity (Wildman–Crippen MR) is 116 cm³/mol. The lowest BCUT2D eigenvalue weighted by Crippen LogP contribution is -2.30. The van der Waals surface area contributed by atoms with E-state index in [1.165, 1.54) is 18.1 Å². The first-order valence-corrected chi connectivity index (χ1v) is 10.3.